The molecule has 2 nitrogen and oxygen atoms in total. The summed E-state index contributed by atoms with van der Waals surface area (Å²) in [5.41, 5.74) is 0.229. The predicted octanol–water partition coefficient (Wildman–Crippen LogP) is 4.71. The van der Waals surface area contributed by atoms with Crippen molar-refractivity contribution in [2.75, 3.05) is 0 Å². The molecule has 0 aliphatic rings. The van der Waals surface area contributed by atoms with Crippen LogP contribution in [0.4, 0.5) is 0 Å². The van der Waals surface area contributed by atoms with E-state index in [1.807, 2.05) is 0 Å². The van der Waals surface area contributed by atoms with Crippen molar-refractivity contribution in [1.82, 2.24) is 0 Å². The molecule has 0 aliphatic heterocycles. The zero-order valence-corrected chi connectivity index (χ0v) is 13.0. The molecule has 0 bridgehead atoms. The van der Waals surface area contributed by atoms with Crippen LogP contribution in [-0.2, 0) is 0 Å². The van der Waals surface area contributed by atoms with E-state index in [0.717, 1.165) is 32.1 Å². The fraction of sp³-hybridized carbons (Fsp3) is 1.00. The molecule has 0 spiro atoms. The SMILES string of the molecule is CCC(CC)(CC)C(CC)(CC)SP(O)O. The largest absolute Gasteiger partial charge is 0.342 e. The van der Waals surface area contributed by atoms with Crippen molar-refractivity contribution in [3.05, 3.63) is 0 Å². The predicted molar refractivity (Wildman–Crippen MR) is 75.6 cm³/mol. The van der Waals surface area contributed by atoms with Gasteiger partial charge in [-0.2, -0.15) is 0 Å². The maximum absolute atomic E-state index is 9.38. The molecule has 0 fully saturated rings. The third-order valence-corrected chi connectivity index (χ3v) is 7.46. The topological polar surface area (TPSA) is 40.5 Å². The molecule has 0 aliphatic carbocycles. The van der Waals surface area contributed by atoms with Gasteiger partial charge in [-0.15, -0.1) is 0 Å². The highest BCUT2D eigenvalue weighted by Crippen LogP contribution is 2.62. The second kappa shape index (κ2) is 7.20. The molecule has 98 valence electrons. The lowest BCUT2D eigenvalue weighted by molar-refractivity contribution is 0.157. The van der Waals surface area contributed by atoms with Gasteiger partial charge in [-0.1, -0.05) is 46.0 Å². The Kier molecular flexibility index (Phi) is 7.52. The first-order chi connectivity index (χ1) is 7.47. The van der Waals surface area contributed by atoms with E-state index in [1.165, 1.54) is 11.4 Å². The van der Waals surface area contributed by atoms with Crippen molar-refractivity contribution < 1.29 is 9.79 Å². The summed E-state index contributed by atoms with van der Waals surface area (Å²) < 4.78 is 0.0143. The van der Waals surface area contributed by atoms with Crippen LogP contribution in [0.2, 0.25) is 0 Å². The Morgan fingerprint density at radius 1 is 0.812 bits per heavy atom. The molecule has 0 saturated carbocycles. The van der Waals surface area contributed by atoms with E-state index < -0.39 is 7.58 Å². The minimum absolute atomic E-state index is 0.0143. The van der Waals surface area contributed by atoms with E-state index in [1.54, 1.807) is 0 Å². The van der Waals surface area contributed by atoms with Crippen LogP contribution in [0.15, 0.2) is 0 Å². The fourth-order valence-electron chi connectivity index (χ4n) is 3.10. The zero-order valence-electron chi connectivity index (χ0n) is 11.3. The second-order valence-electron chi connectivity index (χ2n) is 4.39. The highest BCUT2D eigenvalue weighted by molar-refractivity contribution is 8.53. The van der Waals surface area contributed by atoms with Crippen molar-refractivity contribution in [3.8, 4) is 0 Å². The summed E-state index contributed by atoms with van der Waals surface area (Å²) in [7, 11) is -1.86. The molecule has 2 N–H and O–H groups in total. The first-order valence-corrected chi connectivity index (χ1v) is 9.01. The van der Waals surface area contributed by atoms with E-state index in [4.69, 9.17) is 0 Å². The normalized spacial score (nSPS) is 13.5. The van der Waals surface area contributed by atoms with Crippen LogP contribution < -0.4 is 0 Å². The standard InChI is InChI=1S/C12H27O2PS/c1-6-11(7-2,8-3)12(9-4,10-5)16-15(13)14/h13-14H,6-10H2,1-5H3. The first-order valence-electron chi connectivity index (χ1n) is 6.34. The molecule has 0 amide bonds. The van der Waals surface area contributed by atoms with Gasteiger partial charge >= 0.3 is 0 Å². The molecule has 0 unspecified atom stereocenters. The van der Waals surface area contributed by atoms with Crippen LogP contribution in [0.1, 0.15) is 66.7 Å². The lowest BCUT2D eigenvalue weighted by Gasteiger charge is -2.49. The molecule has 0 aromatic carbocycles. The summed E-state index contributed by atoms with van der Waals surface area (Å²) in [6.07, 6.45) is 5.33. The summed E-state index contributed by atoms with van der Waals surface area (Å²) in [5.74, 6) is 0. The fourth-order valence-corrected chi connectivity index (χ4v) is 6.59. The Balaban J connectivity index is 5.25. The van der Waals surface area contributed by atoms with E-state index in [2.05, 4.69) is 34.6 Å². The van der Waals surface area contributed by atoms with Crippen LogP contribution in [-0.4, -0.2) is 14.5 Å². The first kappa shape index (κ1) is 16.7. The Morgan fingerprint density at radius 3 is 1.38 bits per heavy atom. The Hall–Kier alpha value is 0.700. The van der Waals surface area contributed by atoms with Gasteiger partial charge in [0, 0.05) is 4.75 Å². The monoisotopic (exact) mass is 266 g/mol. The van der Waals surface area contributed by atoms with Gasteiger partial charge in [0.1, 0.15) is 0 Å². The van der Waals surface area contributed by atoms with E-state index >= 15 is 0 Å². The smallest absolute Gasteiger partial charge is 0.233 e. The van der Waals surface area contributed by atoms with E-state index in [9.17, 15) is 9.79 Å². The minimum Gasteiger partial charge on any atom is -0.342 e. The molecule has 0 atom stereocenters. The average Bonchev–Trinajstić information content (AvgIpc) is 2.29. The van der Waals surface area contributed by atoms with Crippen molar-refractivity contribution in [1.29, 1.82) is 0 Å². The third-order valence-electron chi connectivity index (χ3n) is 4.40. The Labute approximate surface area is 106 Å². The van der Waals surface area contributed by atoms with Gasteiger partial charge in [-0.05, 0) is 37.5 Å². The van der Waals surface area contributed by atoms with Crippen molar-refractivity contribution in [2.24, 2.45) is 5.41 Å². The van der Waals surface area contributed by atoms with Crippen LogP contribution in [0, 0.1) is 5.41 Å². The number of hydrogen-bond acceptors (Lipinski definition) is 3. The molecule has 0 heterocycles. The Morgan fingerprint density at radius 2 is 1.19 bits per heavy atom. The number of hydrogen-bond donors (Lipinski definition) is 2. The third kappa shape index (κ3) is 3.13. The molecule has 0 aromatic heterocycles. The molecule has 4 heteroatoms. The molecule has 0 saturated heterocycles. The van der Waals surface area contributed by atoms with Crippen molar-refractivity contribution in [3.63, 3.8) is 0 Å². The van der Waals surface area contributed by atoms with Crippen molar-refractivity contribution >= 4 is 19.0 Å². The molecular formula is C12H27O2PS. The maximum atomic E-state index is 9.38. The van der Waals surface area contributed by atoms with Gasteiger partial charge < -0.3 is 9.79 Å². The van der Waals surface area contributed by atoms with Crippen LogP contribution >= 0.6 is 19.0 Å². The lowest BCUT2D eigenvalue weighted by atomic mass is 9.66. The number of rotatable bonds is 8. The molecule has 0 rings (SSSR count). The van der Waals surface area contributed by atoms with Gasteiger partial charge in [-0.3, -0.25) is 0 Å². The van der Waals surface area contributed by atoms with Crippen molar-refractivity contribution in [2.45, 2.75) is 71.5 Å². The summed E-state index contributed by atoms with van der Waals surface area (Å²) in [6.45, 7) is 11.0. The molecule has 0 aromatic rings. The van der Waals surface area contributed by atoms with E-state index in [-0.39, 0.29) is 10.2 Å². The van der Waals surface area contributed by atoms with Gasteiger partial charge in [0.25, 0.3) is 0 Å². The second-order valence-corrected chi connectivity index (χ2v) is 7.38. The zero-order chi connectivity index (χ0) is 12.8. The van der Waals surface area contributed by atoms with Crippen LogP contribution in [0.25, 0.3) is 0 Å². The summed E-state index contributed by atoms with van der Waals surface area (Å²) >= 11 is 1.40. The average molecular weight is 266 g/mol. The lowest BCUT2D eigenvalue weighted by Crippen LogP contribution is -2.43. The van der Waals surface area contributed by atoms with Gasteiger partial charge in [0.15, 0.2) is 0 Å². The summed E-state index contributed by atoms with van der Waals surface area (Å²) in [4.78, 5) is 18.8. The van der Waals surface area contributed by atoms with Crippen LogP contribution in [0.3, 0.4) is 0 Å². The highest BCUT2D eigenvalue weighted by atomic mass is 32.7. The summed E-state index contributed by atoms with van der Waals surface area (Å²) in [6, 6.07) is 0. The molecule has 16 heavy (non-hydrogen) atoms. The quantitative estimate of drug-likeness (QED) is 0.625. The van der Waals surface area contributed by atoms with Gasteiger partial charge in [0.05, 0.1) is 0 Å². The molecular weight excluding hydrogens is 239 g/mol. The van der Waals surface area contributed by atoms with Gasteiger partial charge in [0.2, 0.25) is 7.58 Å². The Bertz CT molecular complexity index is 181. The van der Waals surface area contributed by atoms with E-state index in [0.29, 0.717) is 0 Å². The highest BCUT2D eigenvalue weighted by Gasteiger charge is 2.47. The molecule has 0 radical (unpaired) electrons. The minimum atomic E-state index is -1.86. The maximum Gasteiger partial charge on any atom is 0.233 e. The summed E-state index contributed by atoms with van der Waals surface area (Å²) in [5, 5.41) is 0. The van der Waals surface area contributed by atoms with Crippen LogP contribution in [0.5, 0.6) is 0 Å². The van der Waals surface area contributed by atoms with Gasteiger partial charge in [-0.25, -0.2) is 0 Å².